The molecule has 96 valence electrons. The summed E-state index contributed by atoms with van der Waals surface area (Å²) in [7, 11) is 0. The second kappa shape index (κ2) is 4.97. The van der Waals surface area contributed by atoms with Gasteiger partial charge in [-0.25, -0.2) is 4.79 Å². The molecule has 0 radical (unpaired) electrons. The summed E-state index contributed by atoms with van der Waals surface area (Å²) in [6.45, 7) is 2.19. The molecule has 0 saturated heterocycles. The Labute approximate surface area is 116 Å². The minimum atomic E-state index is -0.285. The number of hydrogen-bond acceptors (Lipinski definition) is 4. The molecule has 0 fully saturated rings. The molecule has 1 aliphatic rings. The lowest BCUT2D eigenvalue weighted by molar-refractivity contribution is 0.0527. The van der Waals surface area contributed by atoms with Crippen LogP contribution in [0.5, 0.6) is 0 Å². The van der Waals surface area contributed by atoms with E-state index in [0.29, 0.717) is 12.2 Å². The minimum Gasteiger partial charge on any atom is -0.462 e. The standard InChI is InChI=1S/C15H13NO2S/c1-2-18-15(17)10-6-5-9-13-14(10)16-11-7-3-4-8-12(11)19-13/h3-9,16H,2H2,1H3. The Bertz CT molecular complexity index is 640. The zero-order chi connectivity index (χ0) is 13.2. The number of carbonyl (C=O) groups is 1. The number of benzene rings is 2. The lowest BCUT2D eigenvalue weighted by Gasteiger charge is -2.22. The first-order valence-corrected chi connectivity index (χ1v) is 6.95. The maximum absolute atomic E-state index is 12.0. The van der Waals surface area contributed by atoms with Crippen LogP contribution >= 0.6 is 11.8 Å². The van der Waals surface area contributed by atoms with Crippen LogP contribution in [0.25, 0.3) is 0 Å². The number of ether oxygens (including phenoxy) is 1. The number of esters is 1. The molecule has 1 heterocycles. The van der Waals surface area contributed by atoms with Crippen molar-refractivity contribution < 1.29 is 9.53 Å². The van der Waals surface area contributed by atoms with Crippen molar-refractivity contribution in [2.75, 3.05) is 11.9 Å². The fraction of sp³-hybridized carbons (Fsp3) is 0.133. The first-order valence-electron chi connectivity index (χ1n) is 6.13. The lowest BCUT2D eigenvalue weighted by atomic mass is 10.1. The molecule has 0 spiro atoms. The molecular weight excluding hydrogens is 258 g/mol. The normalized spacial score (nSPS) is 12.1. The Morgan fingerprint density at radius 2 is 1.95 bits per heavy atom. The molecule has 0 unspecified atom stereocenters. The molecule has 0 aliphatic carbocycles. The summed E-state index contributed by atoms with van der Waals surface area (Å²) in [5.74, 6) is -0.285. The quantitative estimate of drug-likeness (QED) is 0.713. The SMILES string of the molecule is CCOC(=O)c1cccc2c1Nc1ccccc1S2. The average molecular weight is 271 g/mol. The summed E-state index contributed by atoms with van der Waals surface area (Å²) in [5.41, 5.74) is 2.45. The first kappa shape index (κ1) is 12.1. The molecule has 2 aromatic rings. The fourth-order valence-corrected chi connectivity index (χ4v) is 3.06. The molecule has 19 heavy (non-hydrogen) atoms. The number of nitrogens with one attached hydrogen (secondary N) is 1. The Balaban J connectivity index is 2.03. The molecule has 0 amide bonds. The van der Waals surface area contributed by atoms with E-state index >= 15 is 0 Å². The molecule has 2 aromatic carbocycles. The van der Waals surface area contributed by atoms with Gasteiger partial charge < -0.3 is 10.1 Å². The highest BCUT2D eigenvalue weighted by Gasteiger charge is 2.21. The highest BCUT2D eigenvalue weighted by atomic mass is 32.2. The monoisotopic (exact) mass is 271 g/mol. The van der Waals surface area contributed by atoms with E-state index in [4.69, 9.17) is 4.74 Å². The number of anilines is 2. The molecule has 1 aliphatic heterocycles. The van der Waals surface area contributed by atoms with Crippen LogP contribution in [0.1, 0.15) is 17.3 Å². The van der Waals surface area contributed by atoms with E-state index in [2.05, 4.69) is 11.4 Å². The lowest BCUT2D eigenvalue weighted by Crippen LogP contribution is -2.10. The van der Waals surface area contributed by atoms with Crippen molar-refractivity contribution in [3.05, 3.63) is 48.0 Å². The van der Waals surface area contributed by atoms with Crippen molar-refractivity contribution >= 4 is 29.1 Å². The van der Waals surface area contributed by atoms with Gasteiger partial charge in [-0.3, -0.25) is 0 Å². The van der Waals surface area contributed by atoms with Gasteiger partial charge in [0.05, 0.1) is 23.5 Å². The van der Waals surface area contributed by atoms with Crippen LogP contribution in [0.15, 0.2) is 52.3 Å². The van der Waals surface area contributed by atoms with Gasteiger partial charge in [-0.1, -0.05) is 30.0 Å². The third kappa shape index (κ3) is 2.19. The number of para-hydroxylation sites is 2. The molecule has 0 aromatic heterocycles. The fourth-order valence-electron chi connectivity index (χ4n) is 2.04. The van der Waals surface area contributed by atoms with Crippen LogP contribution in [0.3, 0.4) is 0 Å². The summed E-state index contributed by atoms with van der Waals surface area (Å²) >= 11 is 1.66. The van der Waals surface area contributed by atoms with Gasteiger partial charge >= 0.3 is 5.97 Å². The molecule has 3 nitrogen and oxygen atoms in total. The van der Waals surface area contributed by atoms with Crippen LogP contribution in [0.4, 0.5) is 11.4 Å². The van der Waals surface area contributed by atoms with Crippen molar-refractivity contribution in [1.29, 1.82) is 0 Å². The van der Waals surface area contributed by atoms with Gasteiger partial charge in [0.1, 0.15) is 0 Å². The zero-order valence-corrected chi connectivity index (χ0v) is 11.3. The highest BCUT2D eigenvalue weighted by Crippen LogP contribution is 2.45. The number of rotatable bonds is 2. The largest absolute Gasteiger partial charge is 0.462 e. The van der Waals surface area contributed by atoms with Gasteiger partial charge in [0.25, 0.3) is 0 Å². The van der Waals surface area contributed by atoms with Crippen LogP contribution in [-0.4, -0.2) is 12.6 Å². The van der Waals surface area contributed by atoms with E-state index in [9.17, 15) is 4.79 Å². The summed E-state index contributed by atoms with van der Waals surface area (Å²) in [5, 5.41) is 3.33. The van der Waals surface area contributed by atoms with E-state index in [1.54, 1.807) is 17.8 Å². The Hall–Kier alpha value is -1.94. The number of hydrogen-bond donors (Lipinski definition) is 1. The maximum Gasteiger partial charge on any atom is 0.340 e. The van der Waals surface area contributed by atoms with E-state index in [0.717, 1.165) is 21.2 Å². The van der Waals surface area contributed by atoms with Gasteiger partial charge in [-0.05, 0) is 31.2 Å². The summed E-state index contributed by atoms with van der Waals surface area (Å²) < 4.78 is 5.09. The smallest absolute Gasteiger partial charge is 0.340 e. The second-order valence-electron chi connectivity index (χ2n) is 4.12. The molecule has 1 N–H and O–H groups in total. The molecule has 0 atom stereocenters. The van der Waals surface area contributed by atoms with Crippen LogP contribution in [-0.2, 0) is 4.74 Å². The van der Waals surface area contributed by atoms with Crippen molar-refractivity contribution in [1.82, 2.24) is 0 Å². The Morgan fingerprint density at radius 3 is 2.79 bits per heavy atom. The molecule has 0 bridgehead atoms. The average Bonchev–Trinajstić information content (AvgIpc) is 2.44. The molecule has 3 rings (SSSR count). The highest BCUT2D eigenvalue weighted by molar-refractivity contribution is 7.99. The summed E-state index contributed by atoms with van der Waals surface area (Å²) in [4.78, 5) is 14.2. The topological polar surface area (TPSA) is 38.3 Å². The van der Waals surface area contributed by atoms with E-state index in [1.807, 2.05) is 37.3 Å². The maximum atomic E-state index is 12.0. The minimum absolute atomic E-state index is 0.285. The molecular formula is C15H13NO2S. The van der Waals surface area contributed by atoms with Gasteiger partial charge in [0.2, 0.25) is 0 Å². The Morgan fingerprint density at radius 1 is 1.16 bits per heavy atom. The first-order chi connectivity index (χ1) is 9.29. The zero-order valence-electron chi connectivity index (χ0n) is 10.5. The third-order valence-corrected chi connectivity index (χ3v) is 4.02. The van der Waals surface area contributed by atoms with Gasteiger partial charge in [0, 0.05) is 9.79 Å². The predicted octanol–water partition coefficient (Wildman–Crippen LogP) is 4.07. The third-order valence-electron chi connectivity index (χ3n) is 2.89. The molecule has 0 saturated carbocycles. The van der Waals surface area contributed by atoms with E-state index < -0.39 is 0 Å². The van der Waals surface area contributed by atoms with Gasteiger partial charge in [0.15, 0.2) is 0 Å². The number of fused-ring (bicyclic) bond motifs is 2. The van der Waals surface area contributed by atoms with Gasteiger partial charge in [-0.2, -0.15) is 0 Å². The molecule has 4 heteroatoms. The van der Waals surface area contributed by atoms with Crippen LogP contribution < -0.4 is 5.32 Å². The van der Waals surface area contributed by atoms with Gasteiger partial charge in [-0.15, -0.1) is 0 Å². The predicted molar refractivity (Wildman–Crippen MR) is 76.2 cm³/mol. The number of carbonyl (C=O) groups excluding carboxylic acids is 1. The second-order valence-corrected chi connectivity index (χ2v) is 5.21. The summed E-state index contributed by atoms with van der Waals surface area (Å²) in [6.07, 6.45) is 0. The van der Waals surface area contributed by atoms with Crippen LogP contribution in [0.2, 0.25) is 0 Å². The van der Waals surface area contributed by atoms with E-state index in [-0.39, 0.29) is 5.97 Å². The van der Waals surface area contributed by atoms with Crippen LogP contribution in [0, 0.1) is 0 Å². The van der Waals surface area contributed by atoms with Crippen molar-refractivity contribution in [3.63, 3.8) is 0 Å². The van der Waals surface area contributed by atoms with Crippen molar-refractivity contribution in [2.45, 2.75) is 16.7 Å². The Kier molecular flexibility index (Phi) is 3.17. The van der Waals surface area contributed by atoms with E-state index in [1.165, 1.54) is 0 Å². The summed E-state index contributed by atoms with van der Waals surface area (Å²) in [6, 6.07) is 13.7. The van der Waals surface area contributed by atoms with Crippen molar-refractivity contribution in [2.24, 2.45) is 0 Å². The van der Waals surface area contributed by atoms with Crippen molar-refractivity contribution in [3.8, 4) is 0 Å².